The normalized spacial score (nSPS) is 10.7. The molecule has 2 aromatic carbocycles. The van der Waals surface area contributed by atoms with Crippen molar-refractivity contribution in [3.63, 3.8) is 0 Å². The summed E-state index contributed by atoms with van der Waals surface area (Å²) in [6.07, 6.45) is 18.0. The number of urea groups is 1. The minimum atomic E-state index is -0.336. The summed E-state index contributed by atoms with van der Waals surface area (Å²) < 4.78 is 8.03. The van der Waals surface area contributed by atoms with Crippen LogP contribution in [0.2, 0.25) is 5.02 Å². The molecule has 0 aliphatic rings. The van der Waals surface area contributed by atoms with Crippen LogP contribution in [0.5, 0.6) is 5.75 Å². The maximum atomic E-state index is 12.5. The Morgan fingerprint density at radius 2 is 1.50 bits per heavy atom. The van der Waals surface area contributed by atoms with Gasteiger partial charge in [0.1, 0.15) is 5.75 Å². The molecular formula is C32H45BrClN3O2S. The molecule has 2 amide bonds. The Balaban J connectivity index is 0.00000560. The molecule has 220 valence electrons. The molecule has 0 saturated heterocycles. The van der Waals surface area contributed by atoms with E-state index < -0.39 is 0 Å². The van der Waals surface area contributed by atoms with Crippen molar-refractivity contribution in [3.05, 3.63) is 69.6 Å². The first kappa shape index (κ1) is 34.1. The quantitative estimate of drug-likeness (QED) is 0.118. The third-order valence-corrected chi connectivity index (χ3v) is 7.92. The molecule has 5 nitrogen and oxygen atoms in total. The second-order valence-electron chi connectivity index (χ2n) is 10.3. The maximum absolute atomic E-state index is 12.5. The van der Waals surface area contributed by atoms with Gasteiger partial charge < -0.3 is 32.4 Å². The van der Waals surface area contributed by atoms with Crippen LogP contribution >= 0.6 is 22.9 Å². The Morgan fingerprint density at radius 3 is 2.08 bits per heavy atom. The molecule has 2 N–H and O–H groups in total. The molecule has 8 heteroatoms. The molecule has 0 aliphatic carbocycles. The van der Waals surface area contributed by atoms with Gasteiger partial charge in [-0.25, -0.2) is 4.79 Å². The van der Waals surface area contributed by atoms with E-state index in [2.05, 4.69) is 40.8 Å². The Hall–Kier alpha value is -2.09. The monoisotopic (exact) mass is 649 g/mol. The van der Waals surface area contributed by atoms with Crippen molar-refractivity contribution in [3.8, 4) is 5.75 Å². The van der Waals surface area contributed by atoms with Crippen LogP contribution in [0.15, 0.2) is 54.2 Å². The summed E-state index contributed by atoms with van der Waals surface area (Å²) in [5.41, 5.74) is 4.55. The molecule has 3 aromatic rings. The summed E-state index contributed by atoms with van der Waals surface area (Å²) in [6, 6.07) is 12.9. The zero-order valence-electron chi connectivity index (χ0n) is 24.0. The standard InChI is InChI=1S/C32H44ClN3O2S.BrH/c1-3-4-5-6-7-8-9-10-11-12-13-14-21-38-29-19-20-31(30(33)22-29)35-32(37)34-28-17-15-27(16-18-28)24-36-23-26(2)39-25-36;/h15-20,22-23,25H,3-14,21,24H2,1-2H3,(H-,34,35,37);1H. The SMILES string of the molecule is CCCCCCCCCCCCCCOc1ccc(NC(=O)Nc2ccc(C[n+]3csc(C)c3)cc2)c(Cl)c1.[Br-]. The number of thiazole rings is 1. The fraction of sp³-hybridized carbons (Fsp3) is 0.500. The number of nitrogens with zero attached hydrogens (tertiary/aromatic N) is 1. The number of carbonyl (C=O) groups excluding carboxylic acids is 1. The minimum Gasteiger partial charge on any atom is -1.00 e. The topological polar surface area (TPSA) is 54.2 Å². The first-order valence-electron chi connectivity index (χ1n) is 14.6. The minimum absolute atomic E-state index is 0. The van der Waals surface area contributed by atoms with Gasteiger partial charge in [-0.3, -0.25) is 0 Å². The number of unbranched alkanes of at least 4 members (excludes halogenated alkanes) is 11. The molecule has 40 heavy (non-hydrogen) atoms. The lowest BCUT2D eigenvalue weighted by Gasteiger charge is -2.11. The molecule has 0 spiro atoms. The van der Waals surface area contributed by atoms with Crippen LogP contribution in [-0.2, 0) is 6.54 Å². The van der Waals surface area contributed by atoms with Gasteiger partial charge in [0, 0.05) is 17.3 Å². The van der Waals surface area contributed by atoms with Crippen molar-refractivity contribution >= 4 is 40.3 Å². The second-order valence-corrected chi connectivity index (χ2v) is 11.8. The zero-order chi connectivity index (χ0) is 27.7. The molecule has 0 radical (unpaired) electrons. The van der Waals surface area contributed by atoms with Crippen LogP contribution in [0.3, 0.4) is 0 Å². The van der Waals surface area contributed by atoms with Crippen molar-refractivity contribution < 1.29 is 31.1 Å². The number of aryl methyl sites for hydroxylation is 1. The van der Waals surface area contributed by atoms with E-state index in [0.29, 0.717) is 17.3 Å². The molecule has 0 fully saturated rings. The van der Waals surface area contributed by atoms with E-state index in [9.17, 15) is 4.79 Å². The molecule has 0 unspecified atom stereocenters. The number of nitrogens with one attached hydrogen (secondary N) is 2. The van der Waals surface area contributed by atoms with Gasteiger partial charge in [-0.05, 0) is 37.6 Å². The summed E-state index contributed by atoms with van der Waals surface area (Å²) in [5.74, 6) is 0.725. The molecule has 0 aliphatic heterocycles. The predicted molar refractivity (Wildman–Crippen MR) is 165 cm³/mol. The van der Waals surface area contributed by atoms with E-state index >= 15 is 0 Å². The Bertz CT molecular complexity index is 1120. The summed E-state index contributed by atoms with van der Waals surface area (Å²) in [5, 5.41) is 6.14. The highest BCUT2D eigenvalue weighted by Gasteiger charge is 2.09. The van der Waals surface area contributed by atoms with Crippen molar-refractivity contribution in [2.24, 2.45) is 0 Å². The van der Waals surface area contributed by atoms with Crippen molar-refractivity contribution in [1.82, 2.24) is 0 Å². The number of hydrogen-bond acceptors (Lipinski definition) is 3. The number of carbonyl (C=O) groups is 1. The maximum Gasteiger partial charge on any atom is 0.323 e. The van der Waals surface area contributed by atoms with Crippen LogP contribution < -0.4 is 36.9 Å². The average Bonchev–Trinajstić information content (AvgIpc) is 3.33. The summed E-state index contributed by atoms with van der Waals surface area (Å²) in [4.78, 5) is 13.8. The van der Waals surface area contributed by atoms with Crippen LogP contribution in [0.4, 0.5) is 16.2 Å². The number of aromatic nitrogens is 1. The highest BCUT2D eigenvalue weighted by molar-refractivity contribution is 7.09. The zero-order valence-corrected chi connectivity index (χ0v) is 27.2. The first-order valence-corrected chi connectivity index (χ1v) is 15.8. The van der Waals surface area contributed by atoms with Gasteiger partial charge in [-0.2, -0.15) is 4.57 Å². The Morgan fingerprint density at radius 1 is 0.875 bits per heavy atom. The smallest absolute Gasteiger partial charge is 0.323 e. The number of rotatable bonds is 18. The third kappa shape index (κ3) is 13.5. The van der Waals surface area contributed by atoms with Gasteiger partial charge in [-0.15, -0.1) is 0 Å². The number of anilines is 2. The second kappa shape index (κ2) is 19.9. The average molecular weight is 651 g/mol. The number of benzene rings is 2. The lowest BCUT2D eigenvalue weighted by atomic mass is 10.1. The Kier molecular flexibility index (Phi) is 17.0. The van der Waals surface area contributed by atoms with E-state index in [1.54, 1.807) is 23.5 Å². The third-order valence-electron chi connectivity index (χ3n) is 6.75. The number of ether oxygens (including phenoxy) is 1. The van der Waals surface area contributed by atoms with Crippen molar-refractivity contribution in [2.45, 2.75) is 97.4 Å². The fourth-order valence-corrected chi connectivity index (χ4v) is 5.39. The lowest BCUT2D eigenvalue weighted by Crippen LogP contribution is -3.00. The van der Waals surface area contributed by atoms with Gasteiger partial charge in [-0.1, -0.05) is 113 Å². The fourth-order valence-electron chi connectivity index (χ4n) is 4.54. The number of amides is 2. The largest absolute Gasteiger partial charge is 1.00 e. The van der Waals surface area contributed by atoms with Crippen molar-refractivity contribution in [1.29, 1.82) is 0 Å². The van der Waals surface area contributed by atoms with E-state index in [1.165, 1.54) is 81.1 Å². The Labute approximate surface area is 260 Å². The lowest BCUT2D eigenvalue weighted by molar-refractivity contribution is -0.683. The molecule has 1 aromatic heterocycles. The van der Waals surface area contributed by atoms with Gasteiger partial charge >= 0.3 is 6.03 Å². The highest BCUT2D eigenvalue weighted by Crippen LogP contribution is 2.27. The molecule has 3 rings (SSSR count). The number of hydrogen-bond donors (Lipinski definition) is 2. The molecule has 0 bridgehead atoms. The van der Waals surface area contributed by atoms with Crippen LogP contribution in [0.25, 0.3) is 0 Å². The van der Waals surface area contributed by atoms with Crippen LogP contribution in [0.1, 0.15) is 94.4 Å². The van der Waals surface area contributed by atoms with E-state index in [4.69, 9.17) is 16.3 Å². The van der Waals surface area contributed by atoms with E-state index in [1.807, 2.05) is 30.3 Å². The molecular weight excluding hydrogens is 606 g/mol. The van der Waals surface area contributed by atoms with Crippen molar-refractivity contribution in [2.75, 3.05) is 17.2 Å². The van der Waals surface area contributed by atoms with Crippen LogP contribution in [-0.4, -0.2) is 12.6 Å². The molecule has 0 atom stereocenters. The van der Waals surface area contributed by atoms with Gasteiger partial charge in [0.25, 0.3) is 0 Å². The van der Waals surface area contributed by atoms with Gasteiger partial charge in [0.15, 0.2) is 12.7 Å². The van der Waals surface area contributed by atoms with E-state index in [0.717, 1.165) is 24.4 Å². The predicted octanol–water partition coefficient (Wildman–Crippen LogP) is 6.77. The summed E-state index contributed by atoms with van der Waals surface area (Å²) >= 11 is 8.14. The summed E-state index contributed by atoms with van der Waals surface area (Å²) in [7, 11) is 0. The van der Waals surface area contributed by atoms with E-state index in [-0.39, 0.29) is 23.0 Å². The summed E-state index contributed by atoms with van der Waals surface area (Å²) in [6.45, 7) is 5.85. The van der Waals surface area contributed by atoms with Gasteiger partial charge in [0.05, 0.1) is 22.2 Å². The highest BCUT2D eigenvalue weighted by atomic mass is 79.9. The van der Waals surface area contributed by atoms with Gasteiger partial charge in [0.2, 0.25) is 5.51 Å². The molecule has 0 saturated carbocycles. The first-order chi connectivity index (χ1) is 19.0. The molecule has 1 heterocycles. The number of halogens is 2. The van der Waals surface area contributed by atoms with Crippen LogP contribution in [0, 0.1) is 6.92 Å².